The molecular formula is C13H15N5O. The monoisotopic (exact) mass is 257 g/mol. The predicted octanol–water partition coefficient (Wildman–Crippen LogP) is 1.24. The molecule has 2 N–H and O–H groups in total. The van der Waals surface area contributed by atoms with Gasteiger partial charge in [0.1, 0.15) is 5.69 Å². The van der Waals surface area contributed by atoms with Crippen molar-refractivity contribution in [2.45, 2.75) is 0 Å². The number of aromatic amines is 1. The second-order valence-electron chi connectivity index (χ2n) is 4.16. The number of hydrogen-bond donors (Lipinski definition) is 2. The van der Waals surface area contributed by atoms with Crippen molar-refractivity contribution in [1.82, 2.24) is 15.6 Å². The van der Waals surface area contributed by atoms with Gasteiger partial charge in [-0.3, -0.25) is 9.89 Å². The fourth-order valence-electron chi connectivity index (χ4n) is 1.47. The van der Waals surface area contributed by atoms with Gasteiger partial charge in [0.05, 0.1) is 6.21 Å². The van der Waals surface area contributed by atoms with Crippen LogP contribution in [0.5, 0.6) is 0 Å². The van der Waals surface area contributed by atoms with Crippen molar-refractivity contribution in [3.05, 3.63) is 47.8 Å². The van der Waals surface area contributed by atoms with Crippen molar-refractivity contribution in [1.29, 1.82) is 0 Å². The van der Waals surface area contributed by atoms with E-state index in [0.29, 0.717) is 5.69 Å². The molecule has 1 aromatic carbocycles. The lowest BCUT2D eigenvalue weighted by Crippen LogP contribution is -2.18. The molecule has 0 radical (unpaired) electrons. The zero-order valence-electron chi connectivity index (χ0n) is 10.8. The van der Waals surface area contributed by atoms with Crippen molar-refractivity contribution in [2.24, 2.45) is 5.10 Å². The highest BCUT2D eigenvalue weighted by Crippen LogP contribution is 2.10. The lowest BCUT2D eigenvalue weighted by molar-refractivity contribution is 0.0950. The van der Waals surface area contributed by atoms with Gasteiger partial charge in [-0.25, -0.2) is 5.43 Å². The van der Waals surface area contributed by atoms with Gasteiger partial charge >= 0.3 is 0 Å². The maximum Gasteiger partial charge on any atom is 0.289 e. The van der Waals surface area contributed by atoms with Gasteiger partial charge < -0.3 is 4.90 Å². The molecule has 0 bridgehead atoms. The first kappa shape index (κ1) is 12.8. The fraction of sp³-hybridized carbons (Fsp3) is 0.154. The molecule has 19 heavy (non-hydrogen) atoms. The molecule has 6 nitrogen and oxygen atoms in total. The Morgan fingerprint density at radius 1 is 1.32 bits per heavy atom. The topological polar surface area (TPSA) is 73.4 Å². The largest absolute Gasteiger partial charge is 0.378 e. The van der Waals surface area contributed by atoms with Gasteiger partial charge in [-0.15, -0.1) is 0 Å². The van der Waals surface area contributed by atoms with Gasteiger partial charge in [0, 0.05) is 26.0 Å². The van der Waals surface area contributed by atoms with E-state index in [1.807, 2.05) is 43.3 Å². The Hall–Kier alpha value is -2.63. The Morgan fingerprint density at radius 2 is 2.05 bits per heavy atom. The molecule has 0 unspecified atom stereocenters. The van der Waals surface area contributed by atoms with Crippen molar-refractivity contribution >= 4 is 17.8 Å². The second kappa shape index (κ2) is 5.81. The Balaban J connectivity index is 1.94. The van der Waals surface area contributed by atoms with Crippen LogP contribution in [0.4, 0.5) is 5.69 Å². The van der Waals surface area contributed by atoms with Gasteiger partial charge in [0.2, 0.25) is 0 Å². The number of aromatic nitrogens is 2. The Morgan fingerprint density at radius 3 is 2.63 bits per heavy atom. The minimum Gasteiger partial charge on any atom is -0.378 e. The molecule has 6 heteroatoms. The van der Waals surface area contributed by atoms with Crippen molar-refractivity contribution in [2.75, 3.05) is 19.0 Å². The lowest BCUT2D eigenvalue weighted by atomic mass is 10.2. The lowest BCUT2D eigenvalue weighted by Gasteiger charge is -2.11. The third-order valence-corrected chi connectivity index (χ3v) is 2.53. The van der Waals surface area contributed by atoms with E-state index in [4.69, 9.17) is 0 Å². The molecule has 0 aliphatic carbocycles. The smallest absolute Gasteiger partial charge is 0.289 e. The highest BCUT2D eigenvalue weighted by atomic mass is 16.2. The standard InChI is InChI=1S/C13H15N5O/c1-18(2)11-5-3-10(4-6-11)9-15-17-13(19)12-7-8-14-16-12/h3-9H,1-2H3,(H,14,16)(H,17,19)/b15-9-. The van der Waals surface area contributed by atoms with E-state index in [2.05, 4.69) is 20.7 Å². The van der Waals surface area contributed by atoms with Crippen molar-refractivity contribution in [3.63, 3.8) is 0 Å². The quantitative estimate of drug-likeness (QED) is 0.639. The summed E-state index contributed by atoms with van der Waals surface area (Å²) in [6.45, 7) is 0. The van der Waals surface area contributed by atoms with E-state index in [0.717, 1.165) is 11.3 Å². The molecule has 0 aliphatic heterocycles. The van der Waals surface area contributed by atoms with Crippen molar-refractivity contribution < 1.29 is 4.79 Å². The summed E-state index contributed by atoms with van der Waals surface area (Å²) in [6.07, 6.45) is 3.10. The van der Waals surface area contributed by atoms with Crippen LogP contribution in [0.1, 0.15) is 16.1 Å². The molecule has 2 aromatic rings. The summed E-state index contributed by atoms with van der Waals surface area (Å²) in [6, 6.07) is 9.41. The summed E-state index contributed by atoms with van der Waals surface area (Å²) in [4.78, 5) is 13.6. The van der Waals surface area contributed by atoms with Crippen LogP contribution in [0.2, 0.25) is 0 Å². The number of carbonyl (C=O) groups is 1. The number of anilines is 1. The summed E-state index contributed by atoms with van der Waals surface area (Å²) >= 11 is 0. The zero-order valence-corrected chi connectivity index (χ0v) is 10.8. The average Bonchev–Trinajstić information content (AvgIpc) is 2.93. The van der Waals surface area contributed by atoms with Crippen LogP contribution in [-0.4, -0.2) is 36.4 Å². The van der Waals surface area contributed by atoms with Crippen LogP contribution in [0.3, 0.4) is 0 Å². The van der Waals surface area contributed by atoms with Crippen LogP contribution in [0, 0.1) is 0 Å². The van der Waals surface area contributed by atoms with Gasteiger partial charge in [-0.2, -0.15) is 10.2 Å². The third kappa shape index (κ3) is 3.41. The summed E-state index contributed by atoms with van der Waals surface area (Å²) in [5, 5.41) is 10.1. The maximum absolute atomic E-state index is 11.5. The summed E-state index contributed by atoms with van der Waals surface area (Å²) in [5.74, 6) is -0.321. The maximum atomic E-state index is 11.5. The average molecular weight is 257 g/mol. The van der Waals surface area contributed by atoms with Crippen molar-refractivity contribution in [3.8, 4) is 0 Å². The molecule has 0 aliphatic rings. The summed E-state index contributed by atoms with van der Waals surface area (Å²) in [5.41, 5.74) is 4.82. The van der Waals surface area contributed by atoms with Gasteiger partial charge in [-0.1, -0.05) is 12.1 Å². The van der Waals surface area contributed by atoms with Crippen LogP contribution in [0.15, 0.2) is 41.6 Å². The highest BCUT2D eigenvalue weighted by molar-refractivity contribution is 5.92. The van der Waals surface area contributed by atoms with Crippen LogP contribution in [-0.2, 0) is 0 Å². The Bertz CT molecular complexity index is 557. The molecule has 0 fully saturated rings. The number of nitrogens with zero attached hydrogens (tertiary/aromatic N) is 3. The molecule has 0 atom stereocenters. The minimum atomic E-state index is -0.321. The van der Waals surface area contributed by atoms with Gasteiger partial charge in [-0.05, 0) is 23.8 Å². The number of rotatable bonds is 4. The zero-order chi connectivity index (χ0) is 13.7. The van der Waals surface area contributed by atoms with E-state index < -0.39 is 0 Å². The molecule has 2 rings (SSSR count). The fourth-order valence-corrected chi connectivity index (χ4v) is 1.47. The molecule has 0 saturated carbocycles. The number of hydrogen-bond acceptors (Lipinski definition) is 4. The van der Waals surface area contributed by atoms with Gasteiger partial charge in [0.25, 0.3) is 5.91 Å². The third-order valence-electron chi connectivity index (χ3n) is 2.53. The van der Waals surface area contributed by atoms with Crippen LogP contribution < -0.4 is 10.3 Å². The van der Waals surface area contributed by atoms with Crippen LogP contribution in [0.25, 0.3) is 0 Å². The molecular weight excluding hydrogens is 242 g/mol. The first-order chi connectivity index (χ1) is 9.16. The van der Waals surface area contributed by atoms with E-state index in [9.17, 15) is 4.79 Å². The van der Waals surface area contributed by atoms with Gasteiger partial charge in [0.15, 0.2) is 0 Å². The number of H-pyrrole nitrogens is 1. The Labute approximate surface area is 111 Å². The first-order valence-corrected chi connectivity index (χ1v) is 5.77. The Kier molecular flexibility index (Phi) is 3.92. The number of nitrogens with one attached hydrogen (secondary N) is 2. The molecule has 0 spiro atoms. The molecule has 1 amide bonds. The number of benzene rings is 1. The molecule has 0 saturated heterocycles. The summed E-state index contributed by atoms with van der Waals surface area (Å²) in [7, 11) is 3.96. The predicted molar refractivity (Wildman–Crippen MR) is 74.4 cm³/mol. The SMILES string of the molecule is CN(C)c1ccc(/C=N\NC(=O)c2ccn[nH]2)cc1. The number of carbonyl (C=O) groups excluding carboxylic acids is 1. The van der Waals surface area contributed by atoms with Crippen LogP contribution >= 0.6 is 0 Å². The molecule has 98 valence electrons. The number of amides is 1. The summed E-state index contributed by atoms with van der Waals surface area (Å²) < 4.78 is 0. The van der Waals surface area contributed by atoms with E-state index in [1.165, 1.54) is 6.20 Å². The van der Waals surface area contributed by atoms with E-state index >= 15 is 0 Å². The minimum absolute atomic E-state index is 0.321. The van der Waals surface area contributed by atoms with E-state index in [-0.39, 0.29) is 5.91 Å². The highest BCUT2D eigenvalue weighted by Gasteiger charge is 2.03. The normalized spacial score (nSPS) is 10.6. The van der Waals surface area contributed by atoms with E-state index in [1.54, 1.807) is 12.3 Å². The number of hydrazone groups is 1. The molecule has 1 heterocycles. The second-order valence-corrected chi connectivity index (χ2v) is 4.16. The molecule has 1 aromatic heterocycles. The first-order valence-electron chi connectivity index (χ1n) is 5.77.